The maximum atomic E-state index is 11.7. The van der Waals surface area contributed by atoms with Crippen LogP contribution in [0.1, 0.15) is 43.2 Å². The fourth-order valence-corrected chi connectivity index (χ4v) is 2.61. The quantitative estimate of drug-likeness (QED) is 0.680. The van der Waals surface area contributed by atoms with Crippen LogP contribution in [-0.4, -0.2) is 17.1 Å². The number of alkyl carbamates (subject to hydrolysis) is 1. The molecule has 21 heavy (non-hydrogen) atoms. The molecule has 1 N–H and O–H groups in total. The highest BCUT2D eigenvalue weighted by Crippen LogP contribution is 2.21. The van der Waals surface area contributed by atoms with Gasteiger partial charge in [0.25, 0.3) is 5.69 Å². The summed E-state index contributed by atoms with van der Waals surface area (Å²) in [4.78, 5) is 22.2. The largest absolute Gasteiger partial charge is 0.444 e. The zero-order valence-electron chi connectivity index (χ0n) is 12.1. The topological polar surface area (TPSA) is 81.5 Å². The average molecular weight is 292 g/mol. The number of ether oxygens (including phenoxy) is 1. The van der Waals surface area contributed by atoms with E-state index in [-0.39, 0.29) is 18.3 Å². The summed E-state index contributed by atoms with van der Waals surface area (Å²) in [6, 6.07) is 4.95. The van der Waals surface area contributed by atoms with E-state index in [1.54, 1.807) is 12.1 Å². The van der Waals surface area contributed by atoms with Crippen molar-refractivity contribution in [3.05, 3.63) is 39.4 Å². The summed E-state index contributed by atoms with van der Waals surface area (Å²) in [6.45, 7) is 1.76. The monoisotopic (exact) mass is 292 g/mol. The Bertz CT molecular complexity index is 524. The molecule has 2 rings (SSSR count). The molecule has 1 aliphatic rings. The van der Waals surface area contributed by atoms with Gasteiger partial charge in [-0.25, -0.2) is 4.79 Å². The Balaban J connectivity index is 1.91. The van der Waals surface area contributed by atoms with Crippen molar-refractivity contribution >= 4 is 11.8 Å². The standard InChI is InChI=1S/C15H20N2O4/c1-11-7-8-14(17(19)20)12(9-11)10-21-15(18)16-13-5-3-2-4-6-13/h7-9,13H,2-6,10H2,1H3,(H,16,18). The first-order chi connectivity index (χ1) is 10.1. The Labute approximate surface area is 123 Å². The van der Waals surface area contributed by atoms with Crippen LogP contribution < -0.4 is 5.32 Å². The van der Waals surface area contributed by atoms with Crippen molar-refractivity contribution in [1.29, 1.82) is 0 Å². The molecule has 1 fully saturated rings. The molecular formula is C15H20N2O4. The second-order valence-electron chi connectivity index (χ2n) is 5.44. The zero-order valence-corrected chi connectivity index (χ0v) is 12.1. The molecule has 6 heteroatoms. The predicted molar refractivity (Wildman–Crippen MR) is 78.0 cm³/mol. The fourth-order valence-electron chi connectivity index (χ4n) is 2.61. The summed E-state index contributed by atoms with van der Waals surface area (Å²) in [5, 5.41) is 13.8. The van der Waals surface area contributed by atoms with E-state index in [1.165, 1.54) is 12.5 Å². The zero-order chi connectivity index (χ0) is 15.2. The van der Waals surface area contributed by atoms with E-state index in [1.807, 2.05) is 6.92 Å². The molecule has 0 unspecified atom stereocenters. The number of aryl methyl sites for hydroxylation is 1. The molecule has 0 spiro atoms. The minimum atomic E-state index is -0.502. The number of nitro groups is 1. The van der Waals surface area contributed by atoms with Crippen molar-refractivity contribution < 1.29 is 14.5 Å². The first-order valence-electron chi connectivity index (χ1n) is 7.23. The highest BCUT2D eigenvalue weighted by molar-refractivity contribution is 5.67. The van der Waals surface area contributed by atoms with Gasteiger partial charge in [0.2, 0.25) is 0 Å². The predicted octanol–water partition coefficient (Wildman–Crippen LogP) is 3.46. The lowest BCUT2D eigenvalue weighted by atomic mass is 9.96. The number of carbonyl (C=O) groups is 1. The summed E-state index contributed by atoms with van der Waals surface area (Å²) >= 11 is 0. The third-order valence-corrected chi connectivity index (χ3v) is 3.72. The second-order valence-corrected chi connectivity index (χ2v) is 5.44. The van der Waals surface area contributed by atoms with Gasteiger partial charge in [0.05, 0.1) is 10.5 Å². The van der Waals surface area contributed by atoms with Crippen molar-refractivity contribution in [3.8, 4) is 0 Å². The molecule has 0 saturated heterocycles. The van der Waals surface area contributed by atoms with Gasteiger partial charge in [-0.3, -0.25) is 10.1 Å². The highest BCUT2D eigenvalue weighted by atomic mass is 16.6. The molecule has 6 nitrogen and oxygen atoms in total. The first kappa shape index (κ1) is 15.3. The van der Waals surface area contributed by atoms with Crippen molar-refractivity contribution in [2.45, 2.75) is 51.7 Å². The molecule has 0 heterocycles. The van der Waals surface area contributed by atoms with Gasteiger partial charge in [0.1, 0.15) is 6.61 Å². The summed E-state index contributed by atoms with van der Waals surface area (Å²) in [7, 11) is 0. The second kappa shape index (κ2) is 7.06. The maximum absolute atomic E-state index is 11.7. The molecule has 0 bridgehead atoms. The maximum Gasteiger partial charge on any atom is 0.407 e. The Hall–Kier alpha value is -2.11. The summed E-state index contributed by atoms with van der Waals surface area (Å²) < 4.78 is 5.12. The summed E-state index contributed by atoms with van der Waals surface area (Å²) in [5.41, 5.74) is 1.29. The van der Waals surface area contributed by atoms with E-state index in [4.69, 9.17) is 4.74 Å². The van der Waals surface area contributed by atoms with Gasteiger partial charge in [0, 0.05) is 12.1 Å². The molecule has 1 aromatic rings. The van der Waals surface area contributed by atoms with E-state index < -0.39 is 11.0 Å². The minimum absolute atomic E-state index is 0.0222. The van der Waals surface area contributed by atoms with Gasteiger partial charge in [-0.2, -0.15) is 0 Å². The molecule has 1 aliphatic carbocycles. The highest BCUT2D eigenvalue weighted by Gasteiger charge is 2.18. The fraction of sp³-hybridized carbons (Fsp3) is 0.533. The van der Waals surface area contributed by atoms with Gasteiger partial charge >= 0.3 is 6.09 Å². The summed E-state index contributed by atoms with van der Waals surface area (Å²) in [5.74, 6) is 0. The number of nitro benzene ring substituents is 1. The van der Waals surface area contributed by atoms with Crippen LogP contribution in [0.5, 0.6) is 0 Å². The van der Waals surface area contributed by atoms with Crippen LogP contribution in [0, 0.1) is 17.0 Å². The van der Waals surface area contributed by atoms with Crippen LogP contribution in [0.3, 0.4) is 0 Å². The number of hydrogen-bond acceptors (Lipinski definition) is 4. The summed E-state index contributed by atoms with van der Waals surface area (Å²) in [6.07, 6.45) is 4.89. The Morgan fingerprint density at radius 2 is 2.10 bits per heavy atom. The third-order valence-electron chi connectivity index (χ3n) is 3.72. The lowest BCUT2D eigenvalue weighted by molar-refractivity contribution is -0.385. The number of hydrogen-bond donors (Lipinski definition) is 1. The lowest BCUT2D eigenvalue weighted by Crippen LogP contribution is -2.36. The van der Waals surface area contributed by atoms with Gasteiger partial charge in [-0.05, 0) is 25.8 Å². The van der Waals surface area contributed by atoms with E-state index >= 15 is 0 Å². The van der Waals surface area contributed by atoms with Crippen LogP contribution in [0.25, 0.3) is 0 Å². The molecular weight excluding hydrogens is 272 g/mol. The number of rotatable bonds is 4. The molecule has 114 valence electrons. The van der Waals surface area contributed by atoms with Gasteiger partial charge in [-0.15, -0.1) is 0 Å². The first-order valence-corrected chi connectivity index (χ1v) is 7.23. The van der Waals surface area contributed by atoms with Crippen LogP contribution in [0.2, 0.25) is 0 Å². The Morgan fingerprint density at radius 3 is 2.76 bits per heavy atom. The van der Waals surface area contributed by atoms with E-state index in [0.29, 0.717) is 5.56 Å². The van der Waals surface area contributed by atoms with Crippen LogP contribution in [-0.2, 0) is 11.3 Å². The molecule has 1 saturated carbocycles. The smallest absolute Gasteiger partial charge is 0.407 e. The number of carbonyl (C=O) groups excluding carboxylic acids is 1. The molecule has 0 aliphatic heterocycles. The molecule has 1 aromatic carbocycles. The Kier molecular flexibility index (Phi) is 5.14. The molecule has 0 atom stereocenters. The van der Waals surface area contributed by atoms with Crippen LogP contribution >= 0.6 is 0 Å². The van der Waals surface area contributed by atoms with E-state index in [2.05, 4.69) is 5.32 Å². The molecule has 0 radical (unpaired) electrons. The molecule has 0 aromatic heterocycles. The number of amides is 1. The van der Waals surface area contributed by atoms with E-state index in [9.17, 15) is 14.9 Å². The Morgan fingerprint density at radius 1 is 1.38 bits per heavy atom. The number of benzene rings is 1. The number of nitrogens with one attached hydrogen (secondary N) is 1. The number of nitrogens with zero attached hydrogens (tertiary/aromatic N) is 1. The van der Waals surface area contributed by atoms with Crippen molar-refractivity contribution in [1.82, 2.24) is 5.32 Å². The van der Waals surface area contributed by atoms with Crippen molar-refractivity contribution in [2.24, 2.45) is 0 Å². The van der Waals surface area contributed by atoms with E-state index in [0.717, 1.165) is 31.2 Å². The van der Waals surface area contributed by atoms with Crippen LogP contribution in [0.4, 0.5) is 10.5 Å². The van der Waals surface area contributed by atoms with Gasteiger partial charge < -0.3 is 10.1 Å². The van der Waals surface area contributed by atoms with Gasteiger partial charge in [0.15, 0.2) is 0 Å². The minimum Gasteiger partial charge on any atom is -0.444 e. The normalized spacial score (nSPS) is 15.5. The van der Waals surface area contributed by atoms with Crippen LogP contribution in [0.15, 0.2) is 18.2 Å². The van der Waals surface area contributed by atoms with Crippen molar-refractivity contribution in [2.75, 3.05) is 0 Å². The molecule has 1 amide bonds. The lowest BCUT2D eigenvalue weighted by Gasteiger charge is -2.22. The SMILES string of the molecule is Cc1ccc([N+](=O)[O-])c(COC(=O)NC2CCCCC2)c1. The van der Waals surface area contributed by atoms with Crippen molar-refractivity contribution in [3.63, 3.8) is 0 Å². The third kappa shape index (κ3) is 4.44. The average Bonchev–Trinajstić information content (AvgIpc) is 2.46. The van der Waals surface area contributed by atoms with Gasteiger partial charge in [-0.1, -0.05) is 30.9 Å².